The summed E-state index contributed by atoms with van der Waals surface area (Å²) in [5.74, 6) is 0.787. The van der Waals surface area contributed by atoms with Crippen LogP contribution in [0.1, 0.15) is 17.1 Å². The average molecular weight is 209 g/mol. The third-order valence-corrected chi connectivity index (χ3v) is 2.76. The molecule has 0 bridgehead atoms. The summed E-state index contributed by atoms with van der Waals surface area (Å²) >= 11 is 1.57. The van der Waals surface area contributed by atoms with E-state index in [1.54, 1.807) is 11.3 Å². The SMILES string of the molecule is Cc1csc(Nc2c(C)noc2C)n1. The highest BCUT2D eigenvalue weighted by atomic mass is 32.1. The standard InChI is InChI=1S/C9H11N3OS/c1-5-4-14-9(10-5)11-8-6(2)12-13-7(8)3/h4H,1-3H3,(H,10,11). The lowest BCUT2D eigenvalue weighted by Crippen LogP contribution is -1.91. The number of aromatic nitrogens is 2. The lowest BCUT2D eigenvalue weighted by molar-refractivity contribution is 0.393. The molecular formula is C9H11N3OS. The monoisotopic (exact) mass is 209 g/mol. The lowest BCUT2D eigenvalue weighted by atomic mass is 10.3. The van der Waals surface area contributed by atoms with Crippen molar-refractivity contribution in [2.45, 2.75) is 20.8 Å². The molecule has 0 saturated heterocycles. The Morgan fingerprint density at radius 2 is 2.14 bits per heavy atom. The summed E-state index contributed by atoms with van der Waals surface area (Å²) in [6.07, 6.45) is 0. The maximum absolute atomic E-state index is 5.04. The normalized spacial score (nSPS) is 10.5. The van der Waals surface area contributed by atoms with E-state index in [1.807, 2.05) is 26.2 Å². The Balaban J connectivity index is 2.26. The first-order chi connectivity index (χ1) is 6.66. The van der Waals surface area contributed by atoms with Gasteiger partial charge in [-0.2, -0.15) is 0 Å². The van der Waals surface area contributed by atoms with Crippen LogP contribution in [0.3, 0.4) is 0 Å². The number of thiazole rings is 1. The van der Waals surface area contributed by atoms with E-state index in [0.29, 0.717) is 0 Å². The van der Waals surface area contributed by atoms with Crippen molar-refractivity contribution in [2.24, 2.45) is 0 Å². The minimum absolute atomic E-state index is 0.787. The average Bonchev–Trinajstić information content (AvgIpc) is 2.67. The summed E-state index contributed by atoms with van der Waals surface area (Å²) in [7, 11) is 0. The lowest BCUT2D eigenvalue weighted by Gasteiger charge is -1.99. The maximum atomic E-state index is 5.04. The molecule has 0 aliphatic carbocycles. The molecule has 1 N–H and O–H groups in total. The minimum atomic E-state index is 0.787. The maximum Gasteiger partial charge on any atom is 0.187 e. The Morgan fingerprint density at radius 3 is 2.64 bits per heavy atom. The number of rotatable bonds is 2. The van der Waals surface area contributed by atoms with E-state index in [4.69, 9.17) is 4.52 Å². The first-order valence-electron chi connectivity index (χ1n) is 4.29. The summed E-state index contributed by atoms with van der Waals surface area (Å²) < 4.78 is 5.04. The van der Waals surface area contributed by atoms with Crippen LogP contribution in [-0.2, 0) is 0 Å². The van der Waals surface area contributed by atoms with Crippen molar-refractivity contribution < 1.29 is 4.52 Å². The van der Waals surface area contributed by atoms with Crippen LogP contribution in [0, 0.1) is 20.8 Å². The van der Waals surface area contributed by atoms with Gasteiger partial charge < -0.3 is 9.84 Å². The highest BCUT2D eigenvalue weighted by Crippen LogP contribution is 2.25. The first kappa shape index (κ1) is 9.21. The molecule has 2 heterocycles. The van der Waals surface area contributed by atoms with Crippen LogP contribution in [-0.4, -0.2) is 10.1 Å². The summed E-state index contributed by atoms with van der Waals surface area (Å²) in [5, 5.41) is 9.92. The predicted octanol–water partition coefficient (Wildman–Crippen LogP) is 2.80. The van der Waals surface area contributed by atoms with E-state index in [-0.39, 0.29) is 0 Å². The van der Waals surface area contributed by atoms with Crippen molar-refractivity contribution in [1.82, 2.24) is 10.1 Å². The Kier molecular flexibility index (Phi) is 2.25. The van der Waals surface area contributed by atoms with Crippen molar-refractivity contribution in [3.63, 3.8) is 0 Å². The van der Waals surface area contributed by atoms with Gasteiger partial charge >= 0.3 is 0 Å². The fourth-order valence-corrected chi connectivity index (χ4v) is 1.87. The van der Waals surface area contributed by atoms with Gasteiger partial charge in [-0.3, -0.25) is 0 Å². The van der Waals surface area contributed by atoms with Gasteiger partial charge in [-0.25, -0.2) is 4.98 Å². The van der Waals surface area contributed by atoms with Crippen molar-refractivity contribution in [3.05, 3.63) is 22.5 Å². The van der Waals surface area contributed by atoms with E-state index >= 15 is 0 Å². The van der Waals surface area contributed by atoms with Gasteiger partial charge in [0.25, 0.3) is 0 Å². The Hall–Kier alpha value is -1.36. The molecule has 14 heavy (non-hydrogen) atoms. The number of nitrogens with zero attached hydrogens (tertiary/aromatic N) is 2. The van der Waals surface area contributed by atoms with Crippen molar-refractivity contribution in [3.8, 4) is 0 Å². The fourth-order valence-electron chi connectivity index (χ4n) is 1.18. The molecule has 0 aromatic carbocycles. The quantitative estimate of drug-likeness (QED) is 0.826. The largest absolute Gasteiger partial charge is 0.359 e. The molecule has 2 rings (SSSR count). The zero-order valence-corrected chi connectivity index (χ0v) is 9.10. The van der Waals surface area contributed by atoms with Gasteiger partial charge in [0.05, 0.1) is 5.69 Å². The van der Waals surface area contributed by atoms with E-state index in [1.165, 1.54) is 0 Å². The highest BCUT2D eigenvalue weighted by Gasteiger charge is 2.09. The van der Waals surface area contributed by atoms with Gasteiger partial charge in [0, 0.05) is 5.38 Å². The Labute approximate surface area is 86.0 Å². The van der Waals surface area contributed by atoms with Gasteiger partial charge in [-0.15, -0.1) is 11.3 Å². The molecule has 2 aromatic heterocycles. The van der Waals surface area contributed by atoms with Crippen LogP contribution >= 0.6 is 11.3 Å². The van der Waals surface area contributed by atoms with Gasteiger partial charge in [0.2, 0.25) is 0 Å². The second-order valence-electron chi connectivity index (χ2n) is 3.12. The van der Waals surface area contributed by atoms with Gasteiger partial charge in [-0.1, -0.05) is 5.16 Å². The molecular weight excluding hydrogens is 198 g/mol. The number of anilines is 2. The predicted molar refractivity (Wildman–Crippen MR) is 56.1 cm³/mol. The molecule has 4 nitrogen and oxygen atoms in total. The zero-order valence-electron chi connectivity index (χ0n) is 8.29. The Morgan fingerprint density at radius 1 is 1.36 bits per heavy atom. The first-order valence-corrected chi connectivity index (χ1v) is 5.17. The Bertz CT molecular complexity index is 427. The van der Waals surface area contributed by atoms with Crippen molar-refractivity contribution in [2.75, 3.05) is 5.32 Å². The van der Waals surface area contributed by atoms with Crippen molar-refractivity contribution >= 4 is 22.2 Å². The van der Waals surface area contributed by atoms with Crippen LogP contribution in [0.4, 0.5) is 10.8 Å². The van der Waals surface area contributed by atoms with Crippen molar-refractivity contribution in [1.29, 1.82) is 0 Å². The van der Waals surface area contributed by atoms with Crippen LogP contribution in [0.5, 0.6) is 0 Å². The number of nitrogens with one attached hydrogen (secondary N) is 1. The second-order valence-corrected chi connectivity index (χ2v) is 3.98. The smallest absolute Gasteiger partial charge is 0.187 e. The van der Waals surface area contributed by atoms with E-state index in [0.717, 1.165) is 28.0 Å². The minimum Gasteiger partial charge on any atom is -0.359 e. The zero-order chi connectivity index (χ0) is 10.1. The summed E-state index contributed by atoms with van der Waals surface area (Å²) in [5.41, 5.74) is 2.79. The molecule has 74 valence electrons. The summed E-state index contributed by atoms with van der Waals surface area (Å²) in [4.78, 5) is 4.31. The molecule has 0 aliphatic rings. The van der Waals surface area contributed by atoms with Crippen LogP contribution < -0.4 is 5.32 Å². The molecule has 0 fully saturated rings. The number of hydrogen-bond acceptors (Lipinski definition) is 5. The summed E-state index contributed by atoms with van der Waals surface area (Å²) in [6, 6.07) is 0. The van der Waals surface area contributed by atoms with E-state index < -0.39 is 0 Å². The number of hydrogen-bond donors (Lipinski definition) is 1. The highest BCUT2D eigenvalue weighted by molar-refractivity contribution is 7.13. The van der Waals surface area contributed by atoms with E-state index in [2.05, 4.69) is 15.5 Å². The fraction of sp³-hybridized carbons (Fsp3) is 0.333. The van der Waals surface area contributed by atoms with Gasteiger partial charge in [0.1, 0.15) is 11.4 Å². The topological polar surface area (TPSA) is 51.0 Å². The molecule has 0 amide bonds. The van der Waals surface area contributed by atoms with Gasteiger partial charge in [-0.05, 0) is 20.8 Å². The third-order valence-electron chi connectivity index (χ3n) is 1.88. The number of aryl methyl sites for hydroxylation is 3. The molecule has 0 saturated carbocycles. The van der Waals surface area contributed by atoms with Gasteiger partial charge in [0.15, 0.2) is 10.9 Å². The molecule has 0 atom stereocenters. The molecule has 2 aromatic rings. The van der Waals surface area contributed by atoms with E-state index in [9.17, 15) is 0 Å². The summed E-state index contributed by atoms with van der Waals surface area (Å²) in [6.45, 7) is 5.75. The third kappa shape index (κ3) is 1.63. The second kappa shape index (κ2) is 3.42. The molecule has 0 unspecified atom stereocenters. The van der Waals surface area contributed by atoms with Crippen LogP contribution in [0.25, 0.3) is 0 Å². The van der Waals surface area contributed by atoms with Crippen LogP contribution in [0.2, 0.25) is 0 Å². The molecule has 0 aliphatic heterocycles. The molecule has 0 radical (unpaired) electrons. The van der Waals surface area contributed by atoms with Crippen LogP contribution in [0.15, 0.2) is 9.90 Å². The molecule has 0 spiro atoms. The molecule has 5 heteroatoms.